The van der Waals surface area contributed by atoms with Gasteiger partial charge in [0.1, 0.15) is 11.6 Å². The minimum atomic E-state index is -0.181. The third-order valence-electron chi connectivity index (χ3n) is 3.61. The van der Waals surface area contributed by atoms with E-state index in [-0.39, 0.29) is 5.82 Å². The van der Waals surface area contributed by atoms with Crippen LogP contribution in [-0.4, -0.2) is 16.1 Å². The molecule has 3 nitrogen and oxygen atoms in total. The van der Waals surface area contributed by atoms with Crippen molar-refractivity contribution in [2.45, 2.75) is 33.2 Å². The van der Waals surface area contributed by atoms with E-state index in [0.29, 0.717) is 5.69 Å². The number of hydrogen-bond donors (Lipinski definition) is 1. The minimum absolute atomic E-state index is 0.181. The number of aromatic nitrogens is 2. The van der Waals surface area contributed by atoms with Gasteiger partial charge in [0.25, 0.3) is 0 Å². The summed E-state index contributed by atoms with van der Waals surface area (Å²) in [7, 11) is 0. The van der Waals surface area contributed by atoms with Crippen LogP contribution in [0.4, 0.5) is 4.39 Å². The molecule has 0 saturated heterocycles. The van der Waals surface area contributed by atoms with E-state index >= 15 is 0 Å². The lowest BCUT2D eigenvalue weighted by Crippen LogP contribution is -2.25. The van der Waals surface area contributed by atoms with Gasteiger partial charge in [-0.1, -0.05) is 13.0 Å². The molecule has 0 fully saturated rings. The minimum Gasteiger partial charge on any atom is -0.311 e. The van der Waals surface area contributed by atoms with Gasteiger partial charge in [-0.2, -0.15) is 0 Å². The van der Waals surface area contributed by atoms with Crippen LogP contribution in [0.2, 0.25) is 0 Å². The fourth-order valence-electron chi connectivity index (χ4n) is 2.68. The monoisotopic (exact) mass is 259 g/mol. The van der Waals surface area contributed by atoms with Crippen molar-refractivity contribution in [1.82, 2.24) is 14.9 Å². The van der Waals surface area contributed by atoms with Crippen molar-refractivity contribution in [3.63, 3.8) is 0 Å². The van der Waals surface area contributed by atoms with E-state index in [9.17, 15) is 4.39 Å². The average molecular weight is 259 g/mol. The molecule has 0 bridgehead atoms. The largest absolute Gasteiger partial charge is 0.311 e. The van der Waals surface area contributed by atoms with E-state index in [1.807, 2.05) is 17.6 Å². The third-order valence-corrected chi connectivity index (χ3v) is 3.61. The summed E-state index contributed by atoms with van der Waals surface area (Å²) < 4.78 is 16.2. The molecule has 4 heteroatoms. The molecular weight excluding hydrogens is 241 g/mol. The lowest BCUT2D eigenvalue weighted by Gasteiger charge is -2.17. The van der Waals surface area contributed by atoms with Gasteiger partial charge in [0.2, 0.25) is 0 Å². The van der Waals surface area contributed by atoms with Gasteiger partial charge in [-0.15, -0.1) is 0 Å². The first-order valence-electron chi connectivity index (χ1n) is 6.77. The number of hydrogen-bond acceptors (Lipinski definition) is 2. The highest BCUT2D eigenvalue weighted by Crippen LogP contribution is 2.24. The van der Waals surface area contributed by atoms with Gasteiger partial charge in [0.05, 0.1) is 11.4 Å². The maximum atomic E-state index is 14.2. The van der Waals surface area contributed by atoms with Crippen LogP contribution in [0.15, 0.2) is 18.2 Å². The topological polar surface area (TPSA) is 29.9 Å². The van der Waals surface area contributed by atoms with Crippen molar-refractivity contribution in [3.8, 4) is 5.69 Å². The summed E-state index contributed by atoms with van der Waals surface area (Å²) in [5.41, 5.74) is 3.91. The summed E-state index contributed by atoms with van der Waals surface area (Å²) in [5.74, 6) is 0.761. The van der Waals surface area contributed by atoms with E-state index < -0.39 is 0 Å². The molecule has 2 heterocycles. The van der Waals surface area contributed by atoms with Crippen LogP contribution in [0, 0.1) is 12.7 Å². The normalized spacial score (nSPS) is 14.5. The Labute approximate surface area is 112 Å². The summed E-state index contributed by atoms with van der Waals surface area (Å²) in [4.78, 5) is 4.65. The maximum absolute atomic E-state index is 14.2. The highest BCUT2D eigenvalue weighted by atomic mass is 19.1. The second kappa shape index (κ2) is 4.78. The Morgan fingerprint density at radius 2 is 2.26 bits per heavy atom. The van der Waals surface area contributed by atoms with Gasteiger partial charge in [-0.3, -0.25) is 4.57 Å². The Hall–Kier alpha value is -1.68. The Morgan fingerprint density at radius 3 is 3.05 bits per heavy atom. The van der Waals surface area contributed by atoms with E-state index in [1.165, 1.54) is 6.07 Å². The van der Waals surface area contributed by atoms with E-state index in [2.05, 4.69) is 17.2 Å². The first-order valence-corrected chi connectivity index (χ1v) is 6.77. The molecular formula is C15H18FN3. The summed E-state index contributed by atoms with van der Waals surface area (Å²) >= 11 is 0. The Kier molecular flexibility index (Phi) is 3.11. The zero-order valence-corrected chi connectivity index (χ0v) is 11.3. The lowest BCUT2D eigenvalue weighted by atomic mass is 10.1. The number of imidazole rings is 1. The molecule has 0 unspecified atom stereocenters. The van der Waals surface area contributed by atoms with Gasteiger partial charge < -0.3 is 5.32 Å². The standard InChI is InChI=1S/C15H18FN3/c1-3-15-18-12-9-17-7-6-13(12)19(15)14-8-10(2)4-5-11(14)16/h4-5,8,17H,3,6-7,9H2,1-2H3. The third kappa shape index (κ3) is 2.06. The summed E-state index contributed by atoms with van der Waals surface area (Å²) in [6, 6.07) is 5.24. The van der Waals surface area contributed by atoms with Gasteiger partial charge in [-0.05, 0) is 24.6 Å². The predicted octanol–water partition coefficient (Wildman–Crippen LogP) is 2.53. The summed E-state index contributed by atoms with van der Waals surface area (Å²) in [6.07, 6.45) is 1.70. The number of nitrogens with zero attached hydrogens (tertiary/aromatic N) is 2. The van der Waals surface area contributed by atoms with Crippen molar-refractivity contribution in [1.29, 1.82) is 0 Å². The molecule has 100 valence electrons. The van der Waals surface area contributed by atoms with Crippen LogP contribution in [0.5, 0.6) is 0 Å². The zero-order chi connectivity index (χ0) is 13.4. The van der Waals surface area contributed by atoms with Crippen molar-refractivity contribution >= 4 is 0 Å². The van der Waals surface area contributed by atoms with E-state index in [0.717, 1.165) is 48.7 Å². The predicted molar refractivity (Wildman–Crippen MR) is 73.0 cm³/mol. The van der Waals surface area contributed by atoms with Crippen molar-refractivity contribution < 1.29 is 4.39 Å². The van der Waals surface area contributed by atoms with Crippen molar-refractivity contribution in [3.05, 3.63) is 46.8 Å². The Morgan fingerprint density at radius 1 is 1.42 bits per heavy atom. The molecule has 0 saturated carbocycles. The molecule has 1 N–H and O–H groups in total. The number of aryl methyl sites for hydroxylation is 2. The van der Waals surface area contributed by atoms with Crippen LogP contribution >= 0.6 is 0 Å². The molecule has 0 aliphatic carbocycles. The number of nitrogens with one attached hydrogen (secondary N) is 1. The van der Waals surface area contributed by atoms with Gasteiger partial charge in [-0.25, -0.2) is 9.37 Å². The molecule has 0 amide bonds. The number of halogens is 1. The van der Waals surface area contributed by atoms with Crippen LogP contribution < -0.4 is 5.32 Å². The van der Waals surface area contributed by atoms with Crippen LogP contribution in [-0.2, 0) is 19.4 Å². The first-order chi connectivity index (χ1) is 9.20. The molecule has 0 atom stereocenters. The van der Waals surface area contributed by atoms with Gasteiger partial charge in [0.15, 0.2) is 0 Å². The second-order valence-electron chi connectivity index (χ2n) is 4.99. The maximum Gasteiger partial charge on any atom is 0.147 e. The fraction of sp³-hybridized carbons (Fsp3) is 0.400. The van der Waals surface area contributed by atoms with Crippen molar-refractivity contribution in [2.75, 3.05) is 6.54 Å². The summed E-state index contributed by atoms with van der Waals surface area (Å²) in [5, 5.41) is 3.31. The van der Waals surface area contributed by atoms with Gasteiger partial charge >= 0.3 is 0 Å². The summed E-state index contributed by atoms with van der Waals surface area (Å²) in [6.45, 7) is 5.75. The molecule has 19 heavy (non-hydrogen) atoms. The number of benzene rings is 1. The second-order valence-corrected chi connectivity index (χ2v) is 4.99. The lowest BCUT2D eigenvalue weighted by molar-refractivity contribution is 0.598. The van der Waals surface area contributed by atoms with Crippen LogP contribution in [0.1, 0.15) is 29.7 Å². The van der Waals surface area contributed by atoms with E-state index in [1.54, 1.807) is 6.07 Å². The van der Waals surface area contributed by atoms with E-state index in [4.69, 9.17) is 0 Å². The molecule has 1 aromatic heterocycles. The van der Waals surface area contributed by atoms with Crippen LogP contribution in [0.25, 0.3) is 5.69 Å². The number of rotatable bonds is 2. The quantitative estimate of drug-likeness (QED) is 0.898. The Balaban J connectivity index is 2.23. The molecule has 2 aromatic rings. The smallest absolute Gasteiger partial charge is 0.147 e. The number of fused-ring (bicyclic) bond motifs is 1. The Bertz CT molecular complexity index is 616. The molecule has 3 rings (SSSR count). The average Bonchev–Trinajstić information content (AvgIpc) is 2.80. The van der Waals surface area contributed by atoms with Crippen LogP contribution in [0.3, 0.4) is 0 Å². The molecule has 0 spiro atoms. The highest BCUT2D eigenvalue weighted by molar-refractivity contribution is 5.42. The molecule has 1 aliphatic rings. The zero-order valence-electron chi connectivity index (χ0n) is 11.3. The molecule has 1 aliphatic heterocycles. The molecule has 0 radical (unpaired) electrons. The fourth-order valence-corrected chi connectivity index (χ4v) is 2.68. The highest BCUT2D eigenvalue weighted by Gasteiger charge is 2.21. The SMILES string of the molecule is CCc1nc2c(n1-c1cc(C)ccc1F)CCNC2. The van der Waals surface area contributed by atoms with Crippen molar-refractivity contribution in [2.24, 2.45) is 0 Å². The first kappa shape index (κ1) is 12.4. The van der Waals surface area contributed by atoms with Gasteiger partial charge in [0, 0.05) is 31.6 Å². The molecule has 1 aromatic carbocycles.